The Labute approximate surface area is 102 Å². The molecule has 0 aliphatic carbocycles. The quantitative estimate of drug-likeness (QED) is 0.815. The molecule has 3 nitrogen and oxygen atoms in total. The molecule has 1 aliphatic rings. The van der Waals surface area contributed by atoms with Crippen molar-refractivity contribution in [3.05, 3.63) is 29.8 Å². The molecule has 0 amide bonds. The zero-order valence-electron chi connectivity index (χ0n) is 10.2. The van der Waals surface area contributed by atoms with Crippen LogP contribution in [-0.2, 0) is 0 Å². The molecule has 0 saturated carbocycles. The fourth-order valence-corrected chi connectivity index (χ4v) is 2.29. The maximum absolute atomic E-state index is 12.4. The van der Waals surface area contributed by atoms with E-state index in [9.17, 15) is 4.79 Å². The van der Waals surface area contributed by atoms with Crippen molar-refractivity contribution in [2.24, 2.45) is 0 Å². The van der Waals surface area contributed by atoms with E-state index in [0.717, 1.165) is 25.8 Å². The summed E-state index contributed by atoms with van der Waals surface area (Å²) in [6, 6.07) is 7.40. The average molecular weight is 233 g/mol. The first kappa shape index (κ1) is 12.1. The Morgan fingerprint density at radius 3 is 2.94 bits per heavy atom. The molecule has 1 aliphatic heterocycles. The number of nitrogens with one attached hydrogen (secondary N) is 1. The third-order valence-electron chi connectivity index (χ3n) is 3.25. The molecule has 92 valence electrons. The Balaban J connectivity index is 2.17. The van der Waals surface area contributed by atoms with Gasteiger partial charge in [0.1, 0.15) is 5.75 Å². The van der Waals surface area contributed by atoms with Crippen LogP contribution in [-0.4, -0.2) is 25.5 Å². The number of para-hydroxylation sites is 1. The summed E-state index contributed by atoms with van der Waals surface area (Å²) >= 11 is 0. The van der Waals surface area contributed by atoms with Gasteiger partial charge in [-0.05, 0) is 31.5 Å². The van der Waals surface area contributed by atoms with Crippen LogP contribution in [0.15, 0.2) is 24.3 Å². The van der Waals surface area contributed by atoms with Crippen LogP contribution in [0.4, 0.5) is 0 Å². The first-order chi connectivity index (χ1) is 8.33. The maximum atomic E-state index is 12.4. The first-order valence-corrected chi connectivity index (χ1v) is 6.23. The van der Waals surface area contributed by atoms with Gasteiger partial charge in [-0.15, -0.1) is 0 Å². The van der Waals surface area contributed by atoms with Gasteiger partial charge in [0.05, 0.1) is 18.7 Å². The molecule has 1 aromatic carbocycles. The van der Waals surface area contributed by atoms with Crippen LogP contribution < -0.4 is 10.1 Å². The predicted octanol–water partition coefficient (Wildman–Crippen LogP) is 2.41. The Hall–Kier alpha value is -1.35. The molecule has 0 spiro atoms. The summed E-state index contributed by atoms with van der Waals surface area (Å²) in [5.74, 6) is 0.827. The standard InChI is InChI=1S/C14H19NO2/c1-17-13-9-5-4-7-11(13)14(16)12-8-3-2-6-10-15-12/h4-5,7,9,12,15H,2-3,6,8,10H2,1H3. The molecule has 2 rings (SSSR count). The Kier molecular flexibility index (Phi) is 4.15. The topological polar surface area (TPSA) is 38.3 Å². The van der Waals surface area contributed by atoms with Crippen LogP contribution in [0.25, 0.3) is 0 Å². The van der Waals surface area contributed by atoms with Gasteiger partial charge in [-0.2, -0.15) is 0 Å². The summed E-state index contributed by atoms with van der Waals surface area (Å²) in [6.07, 6.45) is 4.42. The third kappa shape index (κ3) is 2.86. The molecule has 1 heterocycles. The van der Waals surface area contributed by atoms with E-state index in [2.05, 4.69) is 5.32 Å². The molecular formula is C14H19NO2. The molecule has 0 bridgehead atoms. The minimum absolute atomic E-state index is 0.0474. The summed E-state index contributed by atoms with van der Waals surface area (Å²) in [5.41, 5.74) is 0.689. The predicted molar refractivity (Wildman–Crippen MR) is 67.6 cm³/mol. The number of benzene rings is 1. The number of ketones is 1. The number of ether oxygens (including phenoxy) is 1. The van der Waals surface area contributed by atoms with Crippen LogP contribution in [0.2, 0.25) is 0 Å². The molecule has 1 N–H and O–H groups in total. The van der Waals surface area contributed by atoms with Crippen molar-refractivity contribution in [2.45, 2.75) is 31.7 Å². The van der Waals surface area contributed by atoms with Gasteiger partial charge in [-0.1, -0.05) is 25.0 Å². The van der Waals surface area contributed by atoms with Crippen LogP contribution >= 0.6 is 0 Å². The summed E-state index contributed by atoms with van der Waals surface area (Å²) in [4.78, 5) is 12.4. The zero-order chi connectivity index (χ0) is 12.1. The molecule has 1 fully saturated rings. The molecular weight excluding hydrogens is 214 g/mol. The summed E-state index contributed by atoms with van der Waals surface area (Å²) in [7, 11) is 1.60. The number of Topliss-reactive ketones (excluding diaryl/α,β-unsaturated/α-hetero) is 1. The molecule has 1 atom stereocenters. The lowest BCUT2D eigenvalue weighted by atomic mass is 9.99. The fraction of sp³-hybridized carbons (Fsp3) is 0.500. The average Bonchev–Trinajstić information content (AvgIpc) is 2.66. The SMILES string of the molecule is COc1ccccc1C(=O)C1CCCCCN1. The highest BCUT2D eigenvalue weighted by Crippen LogP contribution is 2.21. The number of methoxy groups -OCH3 is 1. The second kappa shape index (κ2) is 5.82. The lowest BCUT2D eigenvalue weighted by Gasteiger charge is -2.16. The van der Waals surface area contributed by atoms with E-state index in [1.807, 2.05) is 24.3 Å². The Bertz CT molecular complexity index is 382. The van der Waals surface area contributed by atoms with Gasteiger partial charge in [-0.25, -0.2) is 0 Å². The minimum Gasteiger partial charge on any atom is -0.496 e. The molecule has 1 saturated heterocycles. The molecule has 3 heteroatoms. The molecule has 1 unspecified atom stereocenters. The van der Waals surface area contributed by atoms with Crippen molar-refractivity contribution in [1.29, 1.82) is 0 Å². The third-order valence-corrected chi connectivity index (χ3v) is 3.25. The van der Waals surface area contributed by atoms with E-state index < -0.39 is 0 Å². The van der Waals surface area contributed by atoms with Crippen molar-refractivity contribution in [1.82, 2.24) is 5.32 Å². The Morgan fingerprint density at radius 1 is 1.29 bits per heavy atom. The van der Waals surface area contributed by atoms with Gasteiger partial charge in [0.25, 0.3) is 0 Å². The number of hydrogen-bond acceptors (Lipinski definition) is 3. The van der Waals surface area contributed by atoms with Crippen molar-refractivity contribution in [3.63, 3.8) is 0 Å². The maximum Gasteiger partial charge on any atom is 0.183 e. The lowest BCUT2D eigenvalue weighted by Crippen LogP contribution is -2.36. The van der Waals surface area contributed by atoms with Crippen molar-refractivity contribution < 1.29 is 9.53 Å². The summed E-state index contributed by atoms with van der Waals surface area (Å²) in [5, 5.41) is 3.33. The number of carbonyl (C=O) groups excluding carboxylic acids is 1. The van der Waals surface area contributed by atoms with E-state index in [0.29, 0.717) is 11.3 Å². The second-order valence-corrected chi connectivity index (χ2v) is 4.42. The molecule has 0 radical (unpaired) electrons. The van der Waals surface area contributed by atoms with Gasteiger partial charge >= 0.3 is 0 Å². The smallest absolute Gasteiger partial charge is 0.183 e. The van der Waals surface area contributed by atoms with Gasteiger partial charge in [0.2, 0.25) is 0 Å². The fourth-order valence-electron chi connectivity index (χ4n) is 2.29. The lowest BCUT2D eigenvalue weighted by molar-refractivity contribution is 0.0937. The van der Waals surface area contributed by atoms with Crippen molar-refractivity contribution >= 4 is 5.78 Å². The number of rotatable bonds is 3. The van der Waals surface area contributed by atoms with Crippen LogP contribution in [0.5, 0.6) is 5.75 Å². The highest BCUT2D eigenvalue weighted by Gasteiger charge is 2.23. The molecule has 17 heavy (non-hydrogen) atoms. The van der Waals surface area contributed by atoms with E-state index >= 15 is 0 Å². The van der Waals surface area contributed by atoms with E-state index in [-0.39, 0.29) is 11.8 Å². The van der Waals surface area contributed by atoms with E-state index in [4.69, 9.17) is 4.74 Å². The zero-order valence-corrected chi connectivity index (χ0v) is 10.2. The number of hydrogen-bond donors (Lipinski definition) is 1. The highest BCUT2D eigenvalue weighted by atomic mass is 16.5. The minimum atomic E-state index is -0.0474. The summed E-state index contributed by atoms with van der Waals surface area (Å²) in [6.45, 7) is 0.936. The molecule has 0 aromatic heterocycles. The second-order valence-electron chi connectivity index (χ2n) is 4.42. The normalized spacial score (nSPS) is 20.6. The van der Waals surface area contributed by atoms with Crippen molar-refractivity contribution in [3.8, 4) is 5.75 Å². The monoisotopic (exact) mass is 233 g/mol. The van der Waals surface area contributed by atoms with Crippen molar-refractivity contribution in [2.75, 3.05) is 13.7 Å². The largest absolute Gasteiger partial charge is 0.496 e. The van der Waals surface area contributed by atoms with Gasteiger partial charge < -0.3 is 10.1 Å². The van der Waals surface area contributed by atoms with E-state index in [1.54, 1.807) is 7.11 Å². The summed E-state index contributed by atoms with van der Waals surface area (Å²) < 4.78 is 5.24. The van der Waals surface area contributed by atoms with Gasteiger partial charge in [0.15, 0.2) is 5.78 Å². The highest BCUT2D eigenvalue weighted by molar-refractivity contribution is 6.02. The first-order valence-electron chi connectivity index (χ1n) is 6.23. The number of carbonyl (C=O) groups is 1. The van der Waals surface area contributed by atoms with Gasteiger partial charge in [-0.3, -0.25) is 4.79 Å². The van der Waals surface area contributed by atoms with E-state index in [1.165, 1.54) is 6.42 Å². The molecule has 1 aromatic rings. The van der Waals surface area contributed by atoms with Gasteiger partial charge in [0, 0.05) is 0 Å². The van der Waals surface area contributed by atoms with Crippen LogP contribution in [0.1, 0.15) is 36.0 Å². The van der Waals surface area contributed by atoms with Crippen LogP contribution in [0, 0.1) is 0 Å². The van der Waals surface area contributed by atoms with Crippen LogP contribution in [0.3, 0.4) is 0 Å². The Morgan fingerprint density at radius 2 is 2.12 bits per heavy atom.